The van der Waals surface area contributed by atoms with Gasteiger partial charge in [-0.15, -0.1) is 0 Å². The Hall–Kier alpha value is -2.00. The lowest BCUT2D eigenvalue weighted by molar-refractivity contribution is -0.117. The number of nitrogen functional groups attached to an aromatic ring is 1. The molecule has 20 heavy (non-hydrogen) atoms. The third-order valence-electron chi connectivity index (χ3n) is 3.24. The molecular formula is C16H17ClN2O. The molecular weight excluding hydrogens is 272 g/mol. The molecule has 0 aliphatic carbocycles. The zero-order valence-electron chi connectivity index (χ0n) is 11.5. The monoisotopic (exact) mass is 288 g/mol. The van der Waals surface area contributed by atoms with E-state index >= 15 is 0 Å². The molecule has 0 aliphatic heterocycles. The van der Waals surface area contributed by atoms with Gasteiger partial charge in [0.1, 0.15) is 0 Å². The van der Waals surface area contributed by atoms with E-state index in [0.29, 0.717) is 16.4 Å². The standard InChI is InChI=1S/C16H17ClN2O/c1-10-6-7-14(9-15(10)17)19-16(20)11(2)12-4-3-5-13(18)8-12/h3-9,11H,18H2,1-2H3,(H,19,20). The van der Waals surface area contributed by atoms with E-state index in [2.05, 4.69) is 5.32 Å². The molecule has 0 saturated heterocycles. The zero-order valence-corrected chi connectivity index (χ0v) is 12.2. The van der Waals surface area contributed by atoms with Crippen molar-refractivity contribution in [3.63, 3.8) is 0 Å². The fourth-order valence-electron chi connectivity index (χ4n) is 1.90. The molecule has 2 rings (SSSR count). The van der Waals surface area contributed by atoms with Crippen molar-refractivity contribution < 1.29 is 4.79 Å². The fraction of sp³-hybridized carbons (Fsp3) is 0.188. The number of anilines is 2. The van der Waals surface area contributed by atoms with Crippen LogP contribution >= 0.6 is 11.6 Å². The van der Waals surface area contributed by atoms with E-state index < -0.39 is 0 Å². The van der Waals surface area contributed by atoms with Crippen LogP contribution in [0.3, 0.4) is 0 Å². The van der Waals surface area contributed by atoms with E-state index in [-0.39, 0.29) is 11.8 Å². The van der Waals surface area contributed by atoms with Crippen LogP contribution in [0.5, 0.6) is 0 Å². The van der Waals surface area contributed by atoms with Gasteiger partial charge in [0, 0.05) is 16.4 Å². The number of hydrogen-bond donors (Lipinski definition) is 2. The van der Waals surface area contributed by atoms with Gasteiger partial charge in [-0.1, -0.05) is 29.8 Å². The molecule has 3 nitrogen and oxygen atoms in total. The van der Waals surface area contributed by atoms with Crippen LogP contribution in [0.15, 0.2) is 42.5 Å². The van der Waals surface area contributed by atoms with E-state index in [4.69, 9.17) is 17.3 Å². The van der Waals surface area contributed by atoms with Crippen LogP contribution in [0.25, 0.3) is 0 Å². The first kappa shape index (κ1) is 14.4. The molecule has 2 aromatic rings. The van der Waals surface area contributed by atoms with Crippen molar-refractivity contribution in [2.75, 3.05) is 11.1 Å². The maximum Gasteiger partial charge on any atom is 0.231 e. The summed E-state index contributed by atoms with van der Waals surface area (Å²) in [5, 5.41) is 3.50. The Morgan fingerprint density at radius 1 is 1.25 bits per heavy atom. The van der Waals surface area contributed by atoms with Gasteiger partial charge in [-0.3, -0.25) is 4.79 Å². The number of halogens is 1. The second kappa shape index (κ2) is 5.97. The number of benzene rings is 2. The Kier molecular flexibility index (Phi) is 4.30. The molecule has 1 unspecified atom stereocenters. The summed E-state index contributed by atoms with van der Waals surface area (Å²) in [4.78, 5) is 12.2. The average Bonchev–Trinajstić information content (AvgIpc) is 2.42. The van der Waals surface area contributed by atoms with E-state index in [9.17, 15) is 4.79 Å². The largest absolute Gasteiger partial charge is 0.399 e. The quantitative estimate of drug-likeness (QED) is 0.840. The van der Waals surface area contributed by atoms with Gasteiger partial charge in [-0.05, 0) is 49.2 Å². The minimum atomic E-state index is -0.279. The number of hydrogen-bond acceptors (Lipinski definition) is 2. The van der Waals surface area contributed by atoms with E-state index in [1.54, 1.807) is 12.1 Å². The van der Waals surface area contributed by atoms with Gasteiger partial charge in [0.25, 0.3) is 0 Å². The van der Waals surface area contributed by atoms with E-state index in [1.807, 2.05) is 44.2 Å². The second-order valence-electron chi connectivity index (χ2n) is 4.85. The lowest BCUT2D eigenvalue weighted by atomic mass is 10.00. The molecule has 0 aromatic heterocycles. The van der Waals surface area contributed by atoms with Crippen LogP contribution < -0.4 is 11.1 Å². The number of aryl methyl sites for hydroxylation is 1. The van der Waals surface area contributed by atoms with Crippen molar-refractivity contribution >= 4 is 28.9 Å². The summed E-state index contributed by atoms with van der Waals surface area (Å²) in [7, 11) is 0. The van der Waals surface area contributed by atoms with Gasteiger partial charge in [0.2, 0.25) is 5.91 Å². The minimum Gasteiger partial charge on any atom is -0.399 e. The van der Waals surface area contributed by atoms with Crippen molar-refractivity contribution in [1.29, 1.82) is 0 Å². The third kappa shape index (κ3) is 3.31. The van der Waals surface area contributed by atoms with Gasteiger partial charge < -0.3 is 11.1 Å². The predicted molar refractivity (Wildman–Crippen MR) is 84.1 cm³/mol. The molecule has 3 N–H and O–H groups in total. The smallest absolute Gasteiger partial charge is 0.231 e. The zero-order chi connectivity index (χ0) is 14.7. The van der Waals surface area contributed by atoms with Crippen molar-refractivity contribution in [2.45, 2.75) is 19.8 Å². The van der Waals surface area contributed by atoms with Crippen LogP contribution in [-0.2, 0) is 4.79 Å². The molecule has 104 valence electrons. The van der Waals surface area contributed by atoms with Gasteiger partial charge >= 0.3 is 0 Å². The molecule has 0 spiro atoms. The molecule has 0 saturated carbocycles. The molecule has 0 heterocycles. The van der Waals surface area contributed by atoms with E-state index in [0.717, 1.165) is 11.1 Å². The van der Waals surface area contributed by atoms with Crippen LogP contribution in [0.4, 0.5) is 11.4 Å². The molecule has 1 amide bonds. The summed E-state index contributed by atoms with van der Waals surface area (Å²) >= 11 is 6.05. The first-order valence-corrected chi connectivity index (χ1v) is 6.77. The number of amides is 1. The molecule has 2 aromatic carbocycles. The summed E-state index contributed by atoms with van der Waals surface area (Å²) in [5.41, 5.74) is 8.96. The Labute approximate surface area is 123 Å². The maximum atomic E-state index is 12.2. The van der Waals surface area contributed by atoms with Gasteiger partial charge in [0.05, 0.1) is 5.92 Å². The normalized spacial score (nSPS) is 11.9. The first-order valence-electron chi connectivity index (χ1n) is 6.40. The summed E-state index contributed by atoms with van der Waals surface area (Å²) in [6, 6.07) is 12.8. The molecule has 0 aliphatic rings. The predicted octanol–water partition coefficient (Wildman–Crippen LogP) is 3.97. The first-order chi connectivity index (χ1) is 9.47. The highest BCUT2D eigenvalue weighted by Gasteiger charge is 2.15. The number of carbonyl (C=O) groups excluding carboxylic acids is 1. The molecule has 4 heteroatoms. The van der Waals surface area contributed by atoms with Crippen molar-refractivity contribution in [3.8, 4) is 0 Å². The second-order valence-corrected chi connectivity index (χ2v) is 5.25. The average molecular weight is 289 g/mol. The Morgan fingerprint density at radius 2 is 2.00 bits per heavy atom. The molecule has 1 atom stereocenters. The fourth-order valence-corrected chi connectivity index (χ4v) is 2.08. The summed E-state index contributed by atoms with van der Waals surface area (Å²) in [6.07, 6.45) is 0. The lowest BCUT2D eigenvalue weighted by Gasteiger charge is -2.13. The van der Waals surface area contributed by atoms with E-state index in [1.165, 1.54) is 0 Å². The summed E-state index contributed by atoms with van der Waals surface area (Å²) in [5.74, 6) is -0.367. The van der Waals surface area contributed by atoms with Gasteiger partial charge in [-0.25, -0.2) is 0 Å². The highest BCUT2D eigenvalue weighted by atomic mass is 35.5. The Bertz CT molecular complexity index is 640. The topological polar surface area (TPSA) is 55.1 Å². The number of carbonyl (C=O) groups is 1. The van der Waals surface area contributed by atoms with Crippen LogP contribution in [0, 0.1) is 6.92 Å². The lowest BCUT2D eigenvalue weighted by Crippen LogP contribution is -2.19. The van der Waals surface area contributed by atoms with Crippen LogP contribution in [0.2, 0.25) is 5.02 Å². The third-order valence-corrected chi connectivity index (χ3v) is 3.65. The van der Waals surface area contributed by atoms with Crippen molar-refractivity contribution in [1.82, 2.24) is 0 Å². The Morgan fingerprint density at radius 3 is 2.65 bits per heavy atom. The summed E-state index contributed by atoms with van der Waals surface area (Å²) in [6.45, 7) is 3.77. The van der Waals surface area contributed by atoms with Gasteiger partial charge in [0.15, 0.2) is 0 Å². The van der Waals surface area contributed by atoms with Crippen LogP contribution in [-0.4, -0.2) is 5.91 Å². The molecule has 0 bridgehead atoms. The number of rotatable bonds is 3. The molecule has 0 radical (unpaired) electrons. The minimum absolute atomic E-state index is 0.0875. The van der Waals surface area contributed by atoms with Crippen molar-refractivity contribution in [3.05, 3.63) is 58.6 Å². The summed E-state index contributed by atoms with van der Waals surface area (Å²) < 4.78 is 0. The molecule has 0 fully saturated rings. The highest BCUT2D eigenvalue weighted by Crippen LogP contribution is 2.23. The number of nitrogens with one attached hydrogen (secondary N) is 1. The number of nitrogens with two attached hydrogens (primary N) is 1. The SMILES string of the molecule is Cc1ccc(NC(=O)C(C)c2cccc(N)c2)cc1Cl. The highest BCUT2D eigenvalue weighted by molar-refractivity contribution is 6.31. The van der Waals surface area contributed by atoms with Gasteiger partial charge in [-0.2, -0.15) is 0 Å². The van der Waals surface area contributed by atoms with Crippen LogP contribution in [0.1, 0.15) is 24.0 Å². The Balaban J connectivity index is 2.13. The van der Waals surface area contributed by atoms with Crippen molar-refractivity contribution in [2.24, 2.45) is 0 Å². The maximum absolute atomic E-state index is 12.2.